The Morgan fingerprint density at radius 1 is 1.33 bits per heavy atom. The Morgan fingerprint density at radius 3 is 2.80 bits per heavy atom. The second-order valence-corrected chi connectivity index (χ2v) is 5.85. The molecule has 88 valence electrons. The summed E-state index contributed by atoms with van der Waals surface area (Å²) in [5, 5.41) is 3.52. The minimum absolute atomic E-state index is 0.817. The summed E-state index contributed by atoms with van der Waals surface area (Å²) >= 11 is 0. The van der Waals surface area contributed by atoms with Crippen molar-refractivity contribution >= 4 is 0 Å². The highest BCUT2D eigenvalue weighted by molar-refractivity contribution is 4.96. The average Bonchev–Trinajstić information content (AvgIpc) is 2.71. The van der Waals surface area contributed by atoms with E-state index in [1.165, 1.54) is 39.0 Å². The first-order valence-electron chi connectivity index (χ1n) is 6.63. The van der Waals surface area contributed by atoms with Crippen LogP contribution in [0, 0.1) is 17.8 Å². The molecule has 0 saturated carbocycles. The van der Waals surface area contributed by atoms with Gasteiger partial charge in [0.25, 0.3) is 0 Å². The molecule has 0 aliphatic carbocycles. The zero-order chi connectivity index (χ0) is 10.8. The fourth-order valence-corrected chi connectivity index (χ4v) is 3.25. The number of hydrogen-bond donors (Lipinski definition) is 1. The molecule has 2 heteroatoms. The summed E-state index contributed by atoms with van der Waals surface area (Å²) in [6.07, 6.45) is 2.77. The molecule has 3 atom stereocenters. The van der Waals surface area contributed by atoms with Crippen LogP contribution >= 0.6 is 0 Å². The van der Waals surface area contributed by atoms with Gasteiger partial charge < -0.3 is 5.32 Å². The quantitative estimate of drug-likeness (QED) is 0.763. The van der Waals surface area contributed by atoms with E-state index in [9.17, 15) is 0 Å². The molecule has 2 rings (SSSR count). The lowest BCUT2D eigenvalue weighted by atomic mass is 9.95. The minimum atomic E-state index is 0.817. The van der Waals surface area contributed by atoms with E-state index in [0.717, 1.165) is 23.8 Å². The topological polar surface area (TPSA) is 15.3 Å². The second kappa shape index (κ2) is 4.84. The molecule has 0 aromatic heterocycles. The van der Waals surface area contributed by atoms with Crippen molar-refractivity contribution in [2.75, 3.05) is 26.2 Å². The fourth-order valence-electron chi connectivity index (χ4n) is 3.25. The van der Waals surface area contributed by atoms with Gasteiger partial charge in [-0.3, -0.25) is 4.90 Å². The summed E-state index contributed by atoms with van der Waals surface area (Å²) in [5.41, 5.74) is 0. The van der Waals surface area contributed by atoms with Crippen LogP contribution in [-0.4, -0.2) is 37.1 Å². The monoisotopic (exact) mass is 210 g/mol. The minimum Gasteiger partial charge on any atom is -0.316 e. The first-order chi connectivity index (χ1) is 7.18. The van der Waals surface area contributed by atoms with Crippen molar-refractivity contribution in [3.63, 3.8) is 0 Å². The summed E-state index contributed by atoms with van der Waals surface area (Å²) < 4.78 is 0. The van der Waals surface area contributed by atoms with Crippen LogP contribution in [0.2, 0.25) is 0 Å². The Bertz CT molecular complexity index is 203. The van der Waals surface area contributed by atoms with Crippen LogP contribution in [0.3, 0.4) is 0 Å². The molecular formula is C13H26N2. The largest absolute Gasteiger partial charge is 0.316 e. The maximum Gasteiger partial charge on any atom is 0.0111 e. The molecule has 0 amide bonds. The van der Waals surface area contributed by atoms with E-state index in [4.69, 9.17) is 0 Å². The summed E-state index contributed by atoms with van der Waals surface area (Å²) in [6.45, 7) is 12.3. The summed E-state index contributed by atoms with van der Waals surface area (Å²) in [7, 11) is 0. The Morgan fingerprint density at radius 2 is 2.13 bits per heavy atom. The van der Waals surface area contributed by atoms with E-state index in [-0.39, 0.29) is 0 Å². The third kappa shape index (κ3) is 2.54. The van der Waals surface area contributed by atoms with Crippen LogP contribution in [0.25, 0.3) is 0 Å². The standard InChI is InChI=1S/C13H26N2/c1-10(2)5-4-6-15-9-12-7-14-8-13(12)11(15)3/h10-14H,4-9H2,1-3H3. The molecule has 2 nitrogen and oxygen atoms in total. The van der Waals surface area contributed by atoms with Gasteiger partial charge in [-0.1, -0.05) is 13.8 Å². The van der Waals surface area contributed by atoms with Crippen molar-refractivity contribution in [2.24, 2.45) is 17.8 Å². The normalized spacial score (nSPS) is 36.4. The number of likely N-dealkylation sites (tertiary alicyclic amines) is 1. The molecule has 3 unspecified atom stereocenters. The van der Waals surface area contributed by atoms with Crippen molar-refractivity contribution in [1.29, 1.82) is 0 Å². The molecule has 0 bridgehead atoms. The van der Waals surface area contributed by atoms with E-state index in [2.05, 4.69) is 31.0 Å². The first-order valence-corrected chi connectivity index (χ1v) is 6.63. The lowest BCUT2D eigenvalue weighted by Gasteiger charge is -2.24. The van der Waals surface area contributed by atoms with E-state index in [0.29, 0.717) is 0 Å². The second-order valence-electron chi connectivity index (χ2n) is 5.85. The van der Waals surface area contributed by atoms with Gasteiger partial charge in [0.1, 0.15) is 0 Å². The number of fused-ring (bicyclic) bond motifs is 1. The molecule has 2 aliphatic rings. The summed E-state index contributed by atoms with van der Waals surface area (Å²) in [6, 6.07) is 0.817. The zero-order valence-corrected chi connectivity index (χ0v) is 10.5. The average molecular weight is 210 g/mol. The van der Waals surface area contributed by atoms with Gasteiger partial charge in [0.05, 0.1) is 0 Å². The lowest BCUT2D eigenvalue weighted by Crippen LogP contribution is -2.34. The van der Waals surface area contributed by atoms with E-state index in [1.54, 1.807) is 0 Å². The molecule has 2 heterocycles. The maximum absolute atomic E-state index is 3.52. The van der Waals surface area contributed by atoms with Crippen LogP contribution in [0.5, 0.6) is 0 Å². The van der Waals surface area contributed by atoms with Gasteiger partial charge in [0.2, 0.25) is 0 Å². The number of nitrogens with zero attached hydrogens (tertiary/aromatic N) is 1. The van der Waals surface area contributed by atoms with Gasteiger partial charge in [-0.2, -0.15) is 0 Å². The van der Waals surface area contributed by atoms with Crippen molar-refractivity contribution in [3.05, 3.63) is 0 Å². The fraction of sp³-hybridized carbons (Fsp3) is 1.00. The smallest absolute Gasteiger partial charge is 0.0111 e. The summed E-state index contributed by atoms with van der Waals surface area (Å²) in [4.78, 5) is 2.72. The molecule has 2 fully saturated rings. The number of rotatable bonds is 4. The van der Waals surface area contributed by atoms with E-state index >= 15 is 0 Å². The van der Waals surface area contributed by atoms with Gasteiger partial charge in [-0.05, 0) is 57.2 Å². The SMILES string of the molecule is CC(C)CCCN1CC2CNCC2C1C. The Labute approximate surface area is 94.4 Å². The van der Waals surface area contributed by atoms with Crippen molar-refractivity contribution < 1.29 is 0 Å². The van der Waals surface area contributed by atoms with Crippen LogP contribution in [-0.2, 0) is 0 Å². The van der Waals surface area contributed by atoms with Gasteiger partial charge in [0.15, 0.2) is 0 Å². The van der Waals surface area contributed by atoms with E-state index in [1.807, 2.05) is 0 Å². The Hall–Kier alpha value is -0.0800. The molecule has 15 heavy (non-hydrogen) atoms. The van der Waals surface area contributed by atoms with Gasteiger partial charge in [-0.25, -0.2) is 0 Å². The predicted octanol–water partition coefficient (Wildman–Crippen LogP) is 1.96. The van der Waals surface area contributed by atoms with Crippen molar-refractivity contribution in [3.8, 4) is 0 Å². The molecule has 0 aromatic rings. The number of nitrogens with one attached hydrogen (secondary N) is 1. The number of hydrogen-bond acceptors (Lipinski definition) is 2. The van der Waals surface area contributed by atoms with E-state index < -0.39 is 0 Å². The molecule has 0 spiro atoms. The molecule has 0 aromatic carbocycles. The Balaban J connectivity index is 1.75. The third-order valence-electron chi connectivity index (χ3n) is 4.28. The van der Waals surface area contributed by atoms with Crippen LogP contribution in [0.1, 0.15) is 33.6 Å². The third-order valence-corrected chi connectivity index (χ3v) is 4.28. The van der Waals surface area contributed by atoms with Crippen molar-refractivity contribution in [2.45, 2.75) is 39.7 Å². The van der Waals surface area contributed by atoms with Gasteiger partial charge in [0, 0.05) is 12.6 Å². The highest BCUT2D eigenvalue weighted by Gasteiger charge is 2.41. The lowest BCUT2D eigenvalue weighted by molar-refractivity contribution is 0.231. The highest BCUT2D eigenvalue weighted by Crippen LogP contribution is 2.32. The summed E-state index contributed by atoms with van der Waals surface area (Å²) in [5.74, 6) is 2.74. The van der Waals surface area contributed by atoms with Crippen LogP contribution in [0.15, 0.2) is 0 Å². The Kier molecular flexibility index (Phi) is 3.68. The van der Waals surface area contributed by atoms with Gasteiger partial charge >= 0.3 is 0 Å². The molecule has 1 N–H and O–H groups in total. The molecule has 0 radical (unpaired) electrons. The predicted molar refractivity (Wildman–Crippen MR) is 65.0 cm³/mol. The van der Waals surface area contributed by atoms with Crippen molar-refractivity contribution in [1.82, 2.24) is 10.2 Å². The molecule has 2 saturated heterocycles. The first kappa shape index (κ1) is 11.4. The highest BCUT2D eigenvalue weighted by atomic mass is 15.2. The van der Waals surface area contributed by atoms with Crippen LogP contribution < -0.4 is 5.32 Å². The van der Waals surface area contributed by atoms with Gasteiger partial charge in [-0.15, -0.1) is 0 Å². The zero-order valence-electron chi connectivity index (χ0n) is 10.5. The maximum atomic E-state index is 3.52. The van der Waals surface area contributed by atoms with Crippen LogP contribution in [0.4, 0.5) is 0 Å². The molecule has 2 aliphatic heterocycles. The molecular weight excluding hydrogens is 184 g/mol.